The number of esters is 1. The third kappa shape index (κ3) is 3.81. The highest BCUT2D eigenvalue weighted by molar-refractivity contribution is 5.97. The van der Waals surface area contributed by atoms with Crippen molar-refractivity contribution in [3.05, 3.63) is 24.0 Å². The molecule has 0 aliphatic rings. The summed E-state index contributed by atoms with van der Waals surface area (Å²) in [5.74, 6) is -2.70. The summed E-state index contributed by atoms with van der Waals surface area (Å²) in [4.78, 5) is 33.5. The van der Waals surface area contributed by atoms with Crippen LogP contribution in [-0.4, -0.2) is 46.3 Å². The molecule has 0 saturated heterocycles. The van der Waals surface area contributed by atoms with Crippen LogP contribution in [0.5, 0.6) is 0 Å². The van der Waals surface area contributed by atoms with Crippen molar-refractivity contribution in [2.75, 3.05) is 7.11 Å². The minimum atomic E-state index is -1.35. The number of carboxylic acids is 1. The van der Waals surface area contributed by atoms with Crippen LogP contribution in [0.25, 0.3) is 0 Å². The van der Waals surface area contributed by atoms with Crippen molar-refractivity contribution in [2.45, 2.75) is 12.5 Å². The van der Waals surface area contributed by atoms with E-state index >= 15 is 0 Å². The van der Waals surface area contributed by atoms with Gasteiger partial charge in [0.05, 0.1) is 31.5 Å². The topological polar surface area (TPSA) is 118 Å². The van der Waals surface area contributed by atoms with E-state index in [9.17, 15) is 14.4 Å². The Morgan fingerprint density at radius 1 is 1.44 bits per heavy atom. The lowest BCUT2D eigenvalue weighted by atomic mass is 10.2. The molecule has 0 spiro atoms. The summed E-state index contributed by atoms with van der Waals surface area (Å²) in [5, 5.41) is 18.0. The van der Waals surface area contributed by atoms with E-state index in [0.717, 1.165) is 7.11 Å². The standard InChI is InChI=1S/C10H11N3O5/c1-18-8(14)4-7(10(16)17)13-9(15)6-2-3-11-12-5-6/h2-3,5,7H,4H2,1H3,(H,13,15)(H,16,17)/t7-/m0/s1. The molecule has 1 rings (SSSR count). The molecule has 18 heavy (non-hydrogen) atoms. The predicted molar refractivity (Wildman–Crippen MR) is 57.6 cm³/mol. The van der Waals surface area contributed by atoms with Gasteiger partial charge in [0, 0.05) is 0 Å². The number of aromatic nitrogens is 2. The number of hydrogen-bond acceptors (Lipinski definition) is 6. The Labute approximate surface area is 102 Å². The van der Waals surface area contributed by atoms with Crippen LogP contribution in [0.15, 0.2) is 18.5 Å². The maximum Gasteiger partial charge on any atom is 0.326 e. The molecular formula is C10H11N3O5. The second-order valence-corrected chi connectivity index (χ2v) is 3.28. The molecule has 0 saturated carbocycles. The zero-order chi connectivity index (χ0) is 13.5. The van der Waals surface area contributed by atoms with Crippen molar-refractivity contribution >= 4 is 17.8 Å². The van der Waals surface area contributed by atoms with E-state index in [1.807, 2.05) is 0 Å². The first-order valence-electron chi connectivity index (χ1n) is 4.91. The number of carbonyl (C=O) groups excluding carboxylic acids is 2. The van der Waals surface area contributed by atoms with Crippen molar-refractivity contribution < 1.29 is 24.2 Å². The van der Waals surface area contributed by atoms with Crippen LogP contribution in [0.4, 0.5) is 0 Å². The number of nitrogens with one attached hydrogen (secondary N) is 1. The number of ether oxygens (including phenoxy) is 1. The third-order valence-corrected chi connectivity index (χ3v) is 2.05. The molecule has 0 bridgehead atoms. The zero-order valence-corrected chi connectivity index (χ0v) is 9.49. The maximum absolute atomic E-state index is 11.6. The van der Waals surface area contributed by atoms with Crippen LogP contribution in [0.3, 0.4) is 0 Å². The lowest BCUT2D eigenvalue weighted by molar-refractivity contribution is -0.147. The average molecular weight is 253 g/mol. The Balaban J connectivity index is 2.70. The van der Waals surface area contributed by atoms with E-state index in [0.29, 0.717) is 0 Å². The van der Waals surface area contributed by atoms with Crippen molar-refractivity contribution in [2.24, 2.45) is 0 Å². The molecule has 1 amide bonds. The molecule has 1 atom stereocenters. The van der Waals surface area contributed by atoms with Gasteiger partial charge in [0.1, 0.15) is 6.04 Å². The second-order valence-electron chi connectivity index (χ2n) is 3.28. The number of amides is 1. The lowest BCUT2D eigenvalue weighted by Gasteiger charge is -2.12. The Morgan fingerprint density at radius 3 is 2.67 bits per heavy atom. The highest BCUT2D eigenvalue weighted by Gasteiger charge is 2.24. The highest BCUT2D eigenvalue weighted by Crippen LogP contribution is 1.99. The summed E-state index contributed by atoms with van der Waals surface area (Å²) in [5.41, 5.74) is 0.154. The molecule has 1 aromatic heterocycles. The first-order chi connectivity index (χ1) is 8.54. The smallest absolute Gasteiger partial charge is 0.326 e. The number of nitrogens with zero attached hydrogens (tertiary/aromatic N) is 2. The van der Waals surface area contributed by atoms with Gasteiger partial charge in [0.2, 0.25) is 0 Å². The fraction of sp³-hybridized carbons (Fsp3) is 0.300. The van der Waals surface area contributed by atoms with Crippen molar-refractivity contribution in [3.8, 4) is 0 Å². The Morgan fingerprint density at radius 2 is 2.17 bits per heavy atom. The van der Waals surface area contributed by atoms with Gasteiger partial charge in [-0.05, 0) is 6.07 Å². The maximum atomic E-state index is 11.6. The van der Waals surface area contributed by atoms with Crippen LogP contribution in [-0.2, 0) is 14.3 Å². The Hall–Kier alpha value is -2.51. The van der Waals surface area contributed by atoms with Crippen LogP contribution in [0.1, 0.15) is 16.8 Å². The van der Waals surface area contributed by atoms with Gasteiger partial charge in [-0.15, -0.1) is 0 Å². The molecule has 0 radical (unpaired) electrons. The number of hydrogen-bond donors (Lipinski definition) is 2. The normalized spacial score (nSPS) is 11.4. The largest absolute Gasteiger partial charge is 0.480 e. The van der Waals surface area contributed by atoms with Gasteiger partial charge in [-0.2, -0.15) is 10.2 Å². The fourth-order valence-corrected chi connectivity index (χ4v) is 1.12. The summed E-state index contributed by atoms with van der Waals surface area (Å²) >= 11 is 0. The summed E-state index contributed by atoms with van der Waals surface area (Å²) in [6.45, 7) is 0. The quantitative estimate of drug-likeness (QED) is 0.661. The molecule has 0 fully saturated rings. The summed E-state index contributed by atoms with van der Waals surface area (Å²) in [7, 11) is 1.13. The molecule has 96 valence electrons. The van der Waals surface area contributed by atoms with Crippen molar-refractivity contribution in [3.63, 3.8) is 0 Å². The van der Waals surface area contributed by atoms with E-state index in [4.69, 9.17) is 5.11 Å². The van der Waals surface area contributed by atoms with Crippen molar-refractivity contribution in [1.29, 1.82) is 0 Å². The van der Waals surface area contributed by atoms with E-state index in [-0.39, 0.29) is 5.56 Å². The SMILES string of the molecule is COC(=O)C[C@H](NC(=O)c1ccnnc1)C(=O)O. The van der Waals surface area contributed by atoms with E-state index < -0.39 is 30.3 Å². The molecule has 1 aromatic rings. The summed E-state index contributed by atoms with van der Waals surface area (Å²) in [6.07, 6.45) is 2.04. The van der Waals surface area contributed by atoms with E-state index in [1.54, 1.807) is 0 Å². The number of rotatable bonds is 5. The number of carbonyl (C=O) groups is 3. The summed E-state index contributed by atoms with van der Waals surface area (Å²) < 4.78 is 4.34. The minimum absolute atomic E-state index is 0.154. The number of carboxylic acid groups (broad SMARTS) is 1. The van der Waals surface area contributed by atoms with E-state index in [2.05, 4.69) is 20.3 Å². The Bertz CT molecular complexity index is 448. The first-order valence-corrected chi connectivity index (χ1v) is 4.91. The van der Waals surface area contributed by atoms with Crippen LogP contribution >= 0.6 is 0 Å². The highest BCUT2D eigenvalue weighted by atomic mass is 16.5. The monoisotopic (exact) mass is 253 g/mol. The summed E-state index contributed by atoms with van der Waals surface area (Å²) in [6, 6.07) is 0.0254. The molecular weight excluding hydrogens is 242 g/mol. The molecule has 8 nitrogen and oxygen atoms in total. The van der Waals surface area contributed by atoms with Gasteiger partial charge in [0.15, 0.2) is 0 Å². The number of methoxy groups -OCH3 is 1. The fourth-order valence-electron chi connectivity index (χ4n) is 1.12. The molecule has 8 heteroatoms. The molecule has 0 aliphatic heterocycles. The average Bonchev–Trinajstić information content (AvgIpc) is 2.38. The lowest BCUT2D eigenvalue weighted by Crippen LogP contribution is -2.42. The van der Waals surface area contributed by atoms with E-state index in [1.165, 1.54) is 18.5 Å². The van der Waals surface area contributed by atoms with Gasteiger partial charge in [-0.1, -0.05) is 0 Å². The van der Waals surface area contributed by atoms with Gasteiger partial charge < -0.3 is 15.2 Å². The van der Waals surface area contributed by atoms with Crippen LogP contribution in [0.2, 0.25) is 0 Å². The van der Waals surface area contributed by atoms with Gasteiger partial charge >= 0.3 is 11.9 Å². The molecule has 0 unspecified atom stereocenters. The van der Waals surface area contributed by atoms with Gasteiger partial charge in [-0.25, -0.2) is 4.79 Å². The Kier molecular flexibility index (Phi) is 4.73. The first kappa shape index (κ1) is 13.6. The molecule has 2 N–H and O–H groups in total. The minimum Gasteiger partial charge on any atom is -0.480 e. The molecule has 1 heterocycles. The third-order valence-electron chi connectivity index (χ3n) is 2.05. The van der Waals surface area contributed by atoms with Crippen molar-refractivity contribution in [1.82, 2.24) is 15.5 Å². The van der Waals surface area contributed by atoms with Gasteiger partial charge in [0.25, 0.3) is 5.91 Å². The molecule has 0 aromatic carbocycles. The second kappa shape index (κ2) is 6.28. The predicted octanol–water partition coefficient (Wildman–Crippen LogP) is -0.777. The van der Waals surface area contributed by atoms with Crippen LogP contribution in [0, 0.1) is 0 Å². The van der Waals surface area contributed by atoms with Gasteiger partial charge in [-0.3, -0.25) is 9.59 Å². The molecule has 0 aliphatic carbocycles. The van der Waals surface area contributed by atoms with Crippen LogP contribution < -0.4 is 5.32 Å². The number of aliphatic carboxylic acids is 1. The zero-order valence-electron chi connectivity index (χ0n) is 9.49.